The Morgan fingerprint density at radius 1 is 0.353 bits per heavy atom. The van der Waals surface area contributed by atoms with Crippen molar-refractivity contribution >= 4 is 22.7 Å². The molecule has 281 valence electrons. The molecule has 0 saturated heterocycles. The molecule has 0 aliphatic carbocycles. The summed E-state index contributed by atoms with van der Waals surface area (Å²) in [6.07, 6.45) is 8.65. The smallest absolute Gasteiger partial charge is 0.619 e. The topological polar surface area (TPSA) is 465 Å². The molecule has 0 unspecified atom stereocenters. The van der Waals surface area contributed by atoms with Crippen LogP contribution in [0, 0.1) is 81.8 Å². The van der Waals surface area contributed by atoms with E-state index in [0.29, 0.717) is 18.9 Å². The normalized spacial score (nSPS) is 9.57. The van der Waals surface area contributed by atoms with Crippen molar-refractivity contribution in [1.82, 2.24) is 0 Å². The first kappa shape index (κ1) is 49.6. The molecule has 0 aliphatic rings. The first-order valence-electron chi connectivity index (χ1n) is 11.4. The van der Waals surface area contributed by atoms with Gasteiger partial charge in [-0.1, -0.05) is 0 Å². The largest absolute Gasteiger partial charge is 2.00 e. The van der Waals surface area contributed by atoms with Crippen molar-refractivity contribution < 1.29 is 113 Å². The Kier molecular flexibility index (Phi) is 23.7. The second-order valence-electron chi connectivity index (χ2n) is 7.45. The quantitative estimate of drug-likeness (QED) is 0.0606. The minimum atomic E-state index is -4.94. The van der Waals surface area contributed by atoms with E-state index in [0.717, 1.165) is 98.1 Å². The SMILES string of the molecule is O=[N+]([O-])c1cc[n+]([O-])cc1.O=[N+]([O-])c1cc[n+]([O-])cc1.O=[N+]([O-])c1cc[n+]([O-])cc1.O=[N+]([O-])c1cc[n+]([O-])cc1.[Cu+2].[O-][Cl+3]([O-])([O-])[O-].[O-][Cl+3]([O-])([O-])[O-]. The number of aromatic nitrogens is 4. The van der Waals surface area contributed by atoms with Crippen molar-refractivity contribution in [3.63, 3.8) is 0 Å². The molecule has 4 heterocycles. The maximum Gasteiger partial charge on any atom is 2.00 e. The molecule has 28 nitrogen and oxygen atoms in total. The maximum absolute atomic E-state index is 10.3. The molecule has 31 heteroatoms. The fraction of sp³-hybridized carbons (Fsp3) is 0. The van der Waals surface area contributed by atoms with E-state index in [4.69, 9.17) is 37.3 Å². The summed E-state index contributed by atoms with van der Waals surface area (Å²) < 4.78 is 69.9. The Morgan fingerprint density at radius 2 is 0.451 bits per heavy atom. The van der Waals surface area contributed by atoms with Gasteiger partial charge in [-0.3, -0.25) is 40.5 Å². The van der Waals surface area contributed by atoms with E-state index in [2.05, 4.69) is 0 Å². The molecular formula is C20H16Cl2CuN8O20. The summed E-state index contributed by atoms with van der Waals surface area (Å²) in [7, 11) is -9.89. The van der Waals surface area contributed by atoms with Gasteiger partial charge in [-0.05, 0) is 0 Å². The van der Waals surface area contributed by atoms with Gasteiger partial charge in [0.05, 0.1) is 68.2 Å². The van der Waals surface area contributed by atoms with Gasteiger partial charge in [0.1, 0.15) is 0 Å². The second kappa shape index (κ2) is 24.3. The predicted molar refractivity (Wildman–Crippen MR) is 128 cm³/mol. The van der Waals surface area contributed by atoms with Gasteiger partial charge in [0.25, 0.3) is 22.7 Å². The van der Waals surface area contributed by atoms with E-state index >= 15 is 0 Å². The molecule has 0 amide bonds. The Labute approximate surface area is 295 Å². The molecule has 4 rings (SSSR count). The zero-order valence-corrected chi connectivity index (χ0v) is 26.5. The van der Waals surface area contributed by atoms with Crippen molar-refractivity contribution in [2.24, 2.45) is 0 Å². The average molecular weight is 823 g/mol. The summed E-state index contributed by atoms with van der Waals surface area (Å²) >= 11 is 0. The molecule has 0 bridgehead atoms. The van der Waals surface area contributed by atoms with E-state index in [1.807, 2.05) is 0 Å². The zero-order chi connectivity index (χ0) is 39.2. The van der Waals surface area contributed by atoms with Gasteiger partial charge in [0.15, 0.2) is 49.6 Å². The molecule has 0 atom stereocenters. The summed E-state index contributed by atoms with van der Waals surface area (Å²) in [4.78, 5) is 37.8. The van der Waals surface area contributed by atoms with Crippen LogP contribution in [0.2, 0.25) is 0 Å². The molecule has 0 spiro atoms. The van der Waals surface area contributed by atoms with Crippen LogP contribution in [0.4, 0.5) is 22.7 Å². The Bertz CT molecular complexity index is 1380. The first-order valence-corrected chi connectivity index (χ1v) is 13.8. The van der Waals surface area contributed by atoms with Gasteiger partial charge in [0.2, 0.25) is 0 Å². The number of rotatable bonds is 4. The molecule has 0 aromatic carbocycles. The summed E-state index contributed by atoms with van der Waals surface area (Å²) in [5, 5.41) is 81.4. The third-order valence-corrected chi connectivity index (χ3v) is 3.98. The minimum absolute atomic E-state index is 0. The van der Waals surface area contributed by atoms with Gasteiger partial charge >= 0.3 is 17.1 Å². The molecule has 1 radical (unpaired) electrons. The van der Waals surface area contributed by atoms with E-state index in [-0.39, 0.29) is 39.8 Å². The average Bonchev–Trinajstić information content (AvgIpc) is 2.97. The third kappa shape index (κ3) is 31.2. The van der Waals surface area contributed by atoms with Gasteiger partial charge in [0, 0.05) is 0 Å². The number of nitro groups is 4. The van der Waals surface area contributed by atoms with E-state index < -0.39 is 40.2 Å². The Balaban J connectivity index is -0.000000552. The molecule has 51 heavy (non-hydrogen) atoms. The predicted octanol–water partition coefficient (Wildman–Crippen LogP) is -8.60. The van der Waals surface area contributed by atoms with Crippen molar-refractivity contribution in [1.29, 1.82) is 0 Å². The summed E-state index contributed by atoms with van der Waals surface area (Å²) in [6.45, 7) is 0. The van der Waals surface area contributed by atoms with Crippen LogP contribution in [0.3, 0.4) is 0 Å². The van der Waals surface area contributed by atoms with Crippen molar-refractivity contribution in [3.05, 3.63) is 159 Å². The van der Waals surface area contributed by atoms with Crippen molar-refractivity contribution in [2.45, 2.75) is 0 Å². The molecule has 0 aliphatic heterocycles. The fourth-order valence-electron chi connectivity index (χ4n) is 2.11. The fourth-order valence-corrected chi connectivity index (χ4v) is 2.11. The van der Waals surface area contributed by atoms with Crippen molar-refractivity contribution in [2.75, 3.05) is 0 Å². The van der Waals surface area contributed by atoms with Crippen LogP contribution >= 0.6 is 0 Å². The maximum atomic E-state index is 10.3. The van der Waals surface area contributed by atoms with Crippen LogP contribution in [-0.4, -0.2) is 19.7 Å². The molecule has 0 saturated carbocycles. The summed E-state index contributed by atoms with van der Waals surface area (Å²) in [5.74, 6) is 0. The van der Waals surface area contributed by atoms with E-state index in [1.165, 1.54) is 0 Å². The number of pyridine rings is 4. The molecule has 0 N–H and O–H groups in total. The number of nitrogens with zero attached hydrogens (tertiary/aromatic N) is 8. The number of halogens is 2. The van der Waals surface area contributed by atoms with Crippen LogP contribution in [0.15, 0.2) is 98.1 Å². The molecular weight excluding hydrogens is 807 g/mol. The second-order valence-corrected chi connectivity index (χ2v) is 8.96. The third-order valence-electron chi connectivity index (χ3n) is 3.98. The van der Waals surface area contributed by atoms with Crippen LogP contribution in [0.25, 0.3) is 0 Å². The Hall–Kier alpha value is -5.82. The summed E-state index contributed by atoms with van der Waals surface area (Å²) in [5.41, 5.74) is -0.307. The molecule has 4 aromatic rings. The van der Waals surface area contributed by atoms with Crippen LogP contribution in [0.1, 0.15) is 0 Å². The van der Waals surface area contributed by atoms with Crippen LogP contribution in [0.5, 0.6) is 0 Å². The van der Waals surface area contributed by atoms with Gasteiger partial charge in [-0.15, -0.1) is 20.5 Å². The summed E-state index contributed by atoms with van der Waals surface area (Å²) in [6, 6.07) is 9.17. The number of hydrogen-bond donors (Lipinski definition) is 0. The van der Waals surface area contributed by atoms with E-state index in [1.54, 1.807) is 0 Å². The van der Waals surface area contributed by atoms with Gasteiger partial charge < -0.3 is 20.8 Å². The van der Waals surface area contributed by atoms with Gasteiger partial charge in [-0.25, -0.2) is 37.3 Å². The monoisotopic (exact) mass is 821 g/mol. The minimum Gasteiger partial charge on any atom is -0.619 e. The first-order chi connectivity index (χ1) is 22.8. The number of hydrogen-bond acceptors (Lipinski definition) is 20. The standard InChI is InChI=1S/4C5H4N2O3.2ClHO4.Cu/c4*8-6-3-1-5(2-4-6)7(9)10;2*2-1(3,4)5;/h4*1-4H;2*(H,2,3,4,5);/q;;;;;;+2/p-2. The van der Waals surface area contributed by atoms with E-state index in [9.17, 15) is 61.3 Å². The Morgan fingerprint density at radius 3 is 0.529 bits per heavy atom. The van der Waals surface area contributed by atoms with Crippen LogP contribution in [-0.2, 0) is 17.1 Å². The molecule has 4 aromatic heterocycles. The molecule has 0 fully saturated rings. The van der Waals surface area contributed by atoms with Gasteiger partial charge in [-0.2, -0.15) is 18.9 Å². The zero-order valence-electron chi connectivity index (χ0n) is 24.0. The van der Waals surface area contributed by atoms with Crippen molar-refractivity contribution in [3.8, 4) is 0 Å². The van der Waals surface area contributed by atoms with Crippen LogP contribution < -0.4 is 56.2 Å².